The number of nitrogens with one attached hydrogen (secondary N) is 1. The van der Waals surface area contributed by atoms with Crippen molar-refractivity contribution < 1.29 is 22.8 Å². The number of halogens is 3. The number of benzene rings is 1. The second kappa shape index (κ2) is 7.19. The van der Waals surface area contributed by atoms with Gasteiger partial charge in [-0.3, -0.25) is 9.59 Å². The Morgan fingerprint density at radius 1 is 1.14 bits per heavy atom. The largest absolute Gasteiger partial charge is 0.473 e. The smallest absolute Gasteiger partial charge is 0.345 e. The van der Waals surface area contributed by atoms with E-state index in [1.54, 1.807) is 0 Å². The maximum Gasteiger partial charge on any atom is 0.473 e. The minimum atomic E-state index is -5.25. The maximum atomic E-state index is 12.4. The van der Waals surface area contributed by atoms with Crippen molar-refractivity contribution in [3.8, 4) is 0 Å². The minimum absolute atomic E-state index is 0.225. The van der Waals surface area contributed by atoms with Gasteiger partial charge < -0.3 is 5.32 Å². The molecule has 0 radical (unpaired) electrons. The van der Waals surface area contributed by atoms with Crippen molar-refractivity contribution in [3.05, 3.63) is 53.3 Å². The molecule has 2 aromatic rings. The van der Waals surface area contributed by atoms with E-state index < -0.39 is 23.0 Å². The van der Waals surface area contributed by atoms with Crippen molar-refractivity contribution in [1.29, 1.82) is 0 Å². The number of alkyl halides is 3. The Morgan fingerprint density at radius 2 is 1.71 bits per heavy atom. The summed E-state index contributed by atoms with van der Waals surface area (Å²) in [6.45, 7) is 1.99. The summed E-state index contributed by atoms with van der Waals surface area (Å²) < 4.78 is 37.2. The summed E-state index contributed by atoms with van der Waals surface area (Å²) in [5, 5.41) is 2.75. The first-order valence-electron chi connectivity index (χ1n) is 8.50. The molecule has 1 aromatic heterocycles. The van der Waals surface area contributed by atoms with Gasteiger partial charge in [-0.1, -0.05) is 29.8 Å². The fourth-order valence-electron chi connectivity index (χ4n) is 2.97. The summed E-state index contributed by atoms with van der Waals surface area (Å²) in [6, 6.07) is 8.06. The van der Waals surface area contributed by atoms with E-state index in [1.807, 2.05) is 31.2 Å². The minimum Gasteiger partial charge on any atom is -0.345 e. The Labute approximate surface area is 158 Å². The van der Waals surface area contributed by atoms with Crippen LogP contribution in [0.3, 0.4) is 0 Å². The molecule has 28 heavy (non-hydrogen) atoms. The predicted octanol–water partition coefficient (Wildman–Crippen LogP) is 2.68. The number of aromatic nitrogens is 2. The first-order chi connectivity index (χ1) is 13.1. The predicted molar refractivity (Wildman–Crippen MR) is 93.8 cm³/mol. The first kappa shape index (κ1) is 19.7. The van der Waals surface area contributed by atoms with Crippen LogP contribution in [-0.2, 0) is 10.3 Å². The number of hydrogen-bond acceptors (Lipinski definition) is 6. The van der Waals surface area contributed by atoms with E-state index in [0.717, 1.165) is 42.8 Å². The Bertz CT molecular complexity index is 878. The molecule has 10 heteroatoms. The highest BCUT2D eigenvalue weighted by Gasteiger charge is 2.44. The number of nitrogens with zero attached hydrogens (tertiary/aromatic N) is 3. The zero-order valence-corrected chi connectivity index (χ0v) is 15.0. The summed E-state index contributed by atoms with van der Waals surface area (Å²) in [5.41, 5.74) is 1.56. The molecule has 148 valence electrons. The average Bonchev–Trinajstić information content (AvgIpc) is 2.63. The molecule has 7 nitrogen and oxygen atoms in total. The molecule has 0 atom stereocenters. The topological polar surface area (TPSA) is 101 Å². The average molecular weight is 393 g/mol. The van der Waals surface area contributed by atoms with Crippen LogP contribution in [0.5, 0.6) is 0 Å². The van der Waals surface area contributed by atoms with E-state index in [1.165, 1.54) is 0 Å². The Balaban J connectivity index is 1.74. The van der Waals surface area contributed by atoms with Gasteiger partial charge in [-0.05, 0) is 31.7 Å². The van der Waals surface area contributed by atoms with Crippen LogP contribution in [0.2, 0.25) is 0 Å². The zero-order chi connectivity index (χ0) is 20.5. The Hall–Kier alpha value is -3.01. The Morgan fingerprint density at radius 3 is 2.18 bits per heavy atom. The number of anilines is 1. The van der Waals surface area contributed by atoms with E-state index in [9.17, 15) is 22.8 Å². The third-order valence-electron chi connectivity index (χ3n) is 4.74. The number of carbonyl (C=O) groups is 2. The van der Waals surface area contributed by atoms with Gasteiger partial charge in [0.25, 0.3) is 5.91 Å². The van der Waals surface area contributed by atoms with Gasteiger partial charge in [-0.2, -0.15) is 13.2 Å². The molecule has 3 N–H and O–H groups in total. The standard InChI is InChI=1S/C18H18F3N5O2/c1-11-3-5-13(6-4-11)17(7-2-8-17)25-16-23-9-12(10-24-16)14(27)26(22)15(28)18(19,20)21/h3-6,9-10H,2,7-8,22H2,1H3,(H,23,24,25). The molecule has 1 aliphatic carbocycles. The molecule has 0 bridgehead atoms. The number of nitrogens with two attached hydrogens (primary N) is 1. The van der Waals surface area contributed by atoms with Gasteiger partial charge in [0.15, 0.2) is 0 Å². The van der Waals surface area contributed by atoms with Crippen LogP contribution in [0.25, 0.3) is 0 Å². The highest BCUT2D eigenvalue weighted by Crippen LogP contribution is 2.43. The molecule has 3 rings (SSSR count). The quantitative estimate of drug-likeness (QED) is 0.471. The highest BCUT2D eigenvalue weighted by atomic mass is 19.4. The van der Waals surface area contributed by atoms with Crippen LogP contribution in [-0.4, -0.2) is 33.0 Å². The summed E-state index contributed by atoms with van der Waals surface area (Å²) in [7, 11) is 0. The molecule has 1 fully saturated rings. The van der Waals surface area contributed by atoms with Crippen molar-refractivity contribution in [1.82, 2.24) is 15.0 Å². The lowest BCUT2D eigenvalue weighted by Crippen LogP contribution is -2.49. The fourth-order valence-corrected chi connectivity index (χ4v) is 2.97. The monoisotopic (exact) mass is 393 g/mol. The van der Waals surface area contributed by atoms with Gasteiger partial charge in [-0.25, -0.2) is 20.8 Å². The second-order valence-corrected chi connectivity index (χ2v) is 6.70. The maximum absolute atomic E-state index is 12.4. The van der Waals surface area contributed by atoms with Crippen LogP contribution >= 0.6 is 0 Å². The summed E-state index contributed by atoms with van der Waals surface area (Å²) in [4.78, 5) is 31.0. The lowest BCUT2D eigenvalue weighted by molar-refractivity contribution is -0.182. The summed E-state index contributed by atoms with van der Waals surface area (Å²) in [5.74, 6) is 1.40. The molecule has 2 amide bonds. The number of hydrogen-bond donors (Lipinski definition) is 2. The SMILES string of the molecule is Cc1ccc(C2(Nc3ncc(C(=O)N(N)C(=O)C(F)(F)F)cn3)CCC2)cc1. The third kappa shape index (κ3) is 3.81. The molecular weight excluding hydrogens is 375 g/mol. The molecule has 1 saturated carbocycles. The highest BCUT2D eigenvalue weighted by molar-refractivity contribution is 6.05. The van der Waals surface area contributed by atoms with Gasteiger partial charge in [0.1, 0.15) is 0 Å². The van der Waals surface area contributed by atoms with Crippen LogP contribution < -0.4 is 11.2 Å². The van der Waals surface area contributed by atoms with Crippen molar-refractivity contribution in [2.75, 3.05) is 5.32 Å². The van der Waals surface area contributed by atoms with Crippen molar-refractivity contribution >= 4 is 17.8 Å². The van der Waals surface area contributed by atoms with Crippen LogP contribution in [0.4, 0.5) is 19.1 Å². The fraction of sp³-hybridized carbons (Fsp3) is 0.333. The molecule has 0 aliphatic heterocycles. The molecule has 0 spiro atoms. The zero-order valence-electron chi connectivity index (χ0n) is 15.0. The van der Waals surface area contributed by atoms with Crippen LogP contribution in [0.15, 0.2) is 36.7 Å². The molecule has 0 saturated heterocycles. The molecule has 1 aromatic carbocycles. The van der Waals surface area contributed by atoms with E-state index >= 15 is 0 Å². The summed E-state index contributed by atoms with van der Waals surface area (Å²) in [6.07, 6.45) is -0.421. The number of hydrazine groups is 1. The van der Waals surface area contributed by atoms with Gasteiger partial charge in [0, 0.05) is 12.4 Å². The number of rotatable bonds is 4. The van der Waals surface area contributed by atoms with E-state index in [4.69, 9.17) is 5.84 Å². The lowest BCUT2D eigenvalue weighted by Gasteiger charge is -2.43. The van der Waals surface area contributed by atoms with Crippen molar-refractivity contribution in [3.63, 3.8) is 0 Å². The summed E-state index contributed by atoms with van der Waals surface area (Å²) >= 11 is 0. The van der Waals surface area contributed by atoms with Crippen molar-refractivity contribution in [2.45, 2.75) is 37.9 Å². The number of amides is 2. The van der Waals surface area contributed by atoms with Crippen LogP contribution in [0.1, 0.15) is 40.7 Å². The Kier molecular flexibility index (Phi) is 5.07. The number of aryl methyl sites for hydroxylation is 1. The second-order valence-electron chi connectivity index (χ2n) is 6.70. The number of carbonyl (C=O) groups excluding carboxylic acids is 2. The van der Waals surface area contributed by atoms with Gasteiger partial charge in [0.05, 0.1) is 11.1 Å². The normalized spacial score (nSPS) is 15.5. The third-order valence-corrected chi connectivity index (χ3v) is 4.74. The van der Waals surface area contributed by atoms with E-state index in [-0.39, 0.29) is 17.1 Å². The van der Waals surface area contributed by atoms with E-state index in [2.05, 4.69) is 15.3 Å². The van der Waals surface area contributed by atoms with Crippen molar-refractivity contribution in [2.24, 2.45) is 5.84 Å². The number of imide groups is 1. The van der Waals surface area contributed by atoms with E-state index in [0.29, 0.717) is 0 Å². The first-order valence-corrected chi connectivity index (χ1v) is 8.50. The van der Waals surface area contributed by atoms with Gasteiger partial charge in [-0.15, -0.1) is 0 Å². The van der Waals surface area contributed by atoms with Gasteiger partial charge >= 0.3 is 12.1 Å². The molecule has 1 aliphatic rings. The van der Waals surface area contributed by atoms with Gasteiger partial charge in [0.2, 0.25) is 5.95 Å². The van der Waals surface area contributed by atoms with Crippen LogP contribution in [0, 0.1) is 6.92 Å². The lowest BCUT2D eigenvalue weighted by atomic mass is 9.72. The molecular formula is C18H18F3N5O2. The molecule has 1 heterocycles. The molecule has 0 unspecified atom stereocenters.